The highest BCUT2D eigenvalue weighted by Gasteiger charge is 2.19. The van der Waals surface area contributed by atoms with Crippen LogP contribution < -0.4 is 21.1 Å². The number of nitrogens with two attached hydrogens (primary N) is 1. The van der Waals surface area contributed by atoms with Gasteiger partial charge in [-0.15, -0.1) is 0 Å². The number of para-hydroxylation sites is 1. The second-order valence-corrected chi connectivity index (χ2v) is 10.5. The van der Waals surface area contributed by atoms with Crippen molar-refractivity contribution in [2.24, 2.45) is 0 Å². The zero-order chi connectivity index (χ0) is 29.7. The van der Waals surface area contributed by atoms with Crippen molar-refractivity contribution in [1.29, 1.82) is 0 Å². The fourth-order valence-electron chi connectivity index (χ4n) is 5.34. The number of nitrogens with zero attached hydrogens (tertiary/aromatic N) is 4. The summed E-state index contributed by atoms with van der Waals surface area (Å²) in [5.41, 5.74) is 11.4. The Morgan fingerprint density at radius 3 is 2.60 bits per heavy atom. The van der Waals surface area contributed by atoms with Crippen LogP contribution in [0.2, 0.25) is 0 Å². The second kappa shape index (κ2) is 16.3. The van der Waals surface area contributed by atoms with Gasteiger partial charge in [0, 0.05) is 43.7 Å². The molecule has 1 fully saturated rings. The summed E-state index contributed by atoms with van der Waals surface area (Å²) in [5, 5.41) is 15.8. The van der Waals surface area contributed by atoms with Crippen LogP contribution in [0.25, 0.3) is 21.9 Å². The van der Waals surface area contributed by atoms with Gasteiger partial charge in [-0.1, -0.05) is 37.6 Å². The van der Waals surface area contributed by atoms with Crippen molar-refractivity contribution in [3.8, 4) is 5.75 Å². The van der Waals surface area contributed by atoms with Gasteiger partial charge < -0.3 is 35.5 Å². The number of nitrogens with one attached hydrogen (secondary N) is 2. The molecule has 5 rings (SSSR count). The summed E-state index contributed by atoms with van der Waals surface area (Å²) in [6, 6.07) is 14.8. The van der Waals surface area contributed by atoms with Crippen LogP contribution in [-0.4, -0.2) is 84.2 Å². The molecule has 0 bridgehead atoms. The molecule has 0 aliphatic carbocycles. The van der Waals surface area contributed by atoms with Gasteiger partial charge in [-0.2, -0.15) is 4.98 Å². The van der Waals surface area contributed by atoms with Crippen LogP contribution in [0.4, 0.5) is 11.8 Å². The van der Waals surface area contributed by atoms with Gasteiger partial charge in [-0.25, -0.2) is 4.98 Å². The predicted molar refractivity (Wildman–Crippen MR) is 171 cm³/mol. The number of fused-ring (bicyclic) bond motifs is 3. The summed E-state index contributed by atoms with van der Waals surface area (Å²) < 4.78 is 13.5. The quantitative estimate of drug-likeness (QED) is 0.173. The Hall–Kier alpha value is -3.44. The van der Waals surface area contributed by atoms with Gasteiger partial charge >= 0.3 is 0 Å². The molecule has 0 radical (unpaired) electrons. The van der Waals surface area contributed by atoms with Crippen LogP contribution in [0.5, 0.6) is 5.75 Å². The maximum absolute atomic E-state index is 7.57. The van der Waals surface area contributed by atoms with E-state index in [0.29, 0.717) is 6.54 Å². The highest BCUT2D eigenvalue weighted by Crippen LogP contribution is 2.34. The molecule has 1 aliphatic heterocycles. The number of nitrogen functional groups attached to an aromatic ring is 1. The first-order chi connectivity index (χ1) is 20.6. The van der Waals surface area contributed by atoms with E-state index in [1.165, 1.54) is 5.56 Å². The molecule has 0 atom stereocenters. The van der Waals surface area contributed by atoms with E-state index < -0.39 is 0 Å². The average molecular weight is 578 g/mol. The van der Waals surface area contributed by atoms with Crippen LogP contribution in [0.1, 0.15) is 44.2 Å². The normalized spacial score (nSPS) is 13.7. The number of ether oxygens (including phenoxy) is 2. The largest absolute Gasteiger partial charge is 0.496 e. The lowest BCUT2D eigenvalue weighted by Crippen LogP contribution is -2.37. The number of rotatable bonds is 13. The molecule has 0 unspecified atom stereocenters. The summed E-state index contributed by atoms with van der Waals surface area (Å²) in [5.74, 6) is 1.93. The van der Waals surface area contributed by atoms with Crippen molar-refractivity contribution in [3.63, 3.8) is 0 Å². The Labute approximate surface area is 249 Å². The lowest BCUT2D eigenvalue weighted by Gasteiger charge is -2.26. The number of hydrogen-bond acceptors (Lipinski definition) is 9. The monoisotopic (exact) mass is 577 g/mol. The Kier molecular flexibility index (Phi) is 12.2. The van der Waals surface area contributed by atoms with Crippen LogP contribution in [0.15, 0.2) is 42.5 Å². The molecule has 4 aromatic rings. The fraction of sp³-hybridized carbons (Fsp3) is 0.500. The van der Waals surface area contributed by atoms with Crippen molar-refractivity contribution in [3.05, 3.63) is 53.6 Å². The molecule has 5 N–H and O–H groups in total. The molecule has 42 heavy (non-hydrogen) atoms. The highest BCUT2D eigenvalue weighted by atomic mass is 16.5. The number of morpholine rings is 1. The summed E-state index contributed by atoms with van der Waals surface area (Å²) in [4.78, 5) is 11.7. The average Bonchev–Trinajstić information content (AvgIpc) is 3.31. The van der Waals surface area contributed by atoms with Gasteiger partial charge in [0.15, 0.2) is 5.82 Å². The van der Waals surface area contributed by atoms with Crippen molar-refractivity contribution in [2.75, 3.05) is 70.7 Å². The van der Waals surface area contributed by atoms with Gasteiger partial charge in [0.25, 0.3) is 0 Å². The van der Waals surface area contributed by atoms with Crippen LogP contribution in [-0.2, 0) is 17.8 Å². The van der Waals surface area contributed by atoms with Gasteiger partial charge in [0.1, 0.15) is 16.8 Å². The van der Waals surface area contributed by atoms with E-state index in [-0.39, 0.29) is 12.6 Å². The molecule has 0 amide bonds. The van der Waals surface area contributed by atoms with E-state index in [0.717, 1.165) is 111 Å². The molecule has 10 nitrogen and oxygen atoms in total. The van der Waals surface area contributed by atoms with E-state index in [1.807, 2.05) is 6.07 Å². The van der Waals surface area contributed by atoms with Gasteiger partial charge in [0.2, 0.25) is 5.95 Å². The lowest BCUT2D eigenvalue weighted by atomic mass is 10.1. The number of hydrogen-bond donors (Lipinski definition) is 4. The molecule has 2 aromatic carbocycles. The molecule has 10 heteroatoms. The minimum atomic E-state index is 0.250. The molecule has 0 saturated carbocycles. The van der Waals surface area contributed by atoms with E-state index in [2.05, 4.69) is 73.4 Å². The first-order valence-electron chi connectivity index (χ1n) is 15.1. The SMILES string of the molecule is CCCCNc1nc(N)nc2c3ccccc3n(Cc3cc(CNCCCN4CCOCC4)ccc3OC)c12.CCO. The zero-order valence-corrected chi connectivity index (χ0v) is 25.4. The number of aliphatic hydroxyl groups is 1. The Morgan fingerprint density at radius 1 is 1.05 bits per heavy atom. The first kappa shape index (κ1) is 31.5. The van der Waals surface area contributed by atoms with Gasteiger partial charge in [-0.05, 0) is 56.6 Å². The summed E-state index contributed by atoms with van der Waals surface area (Å²) in [7, 11) is 1.73. The van der Waals surface area contributed by atoms with E-state index >= 15 is 0 Å². The third-order valence-electron chi connectivity index (χ3n) is 7.38. The third-order valence-corrected chi connectivity index (χ3v) is 7.38. The van der Waals surface area contributed by atoms with Crippen LogP contribution >= 0.6 is 0 Å². The number of aromatic nitrogens is 3. The Balaban J connectivity index is 0.00000129. The van der Waals surface area contributed by atoms with Crippen molar-refractivity contribution in [1.82, 2.24) is 24.8 Å². The summed E-state index contributed by atoms with van der Waals surface area (Å²) in [6.45, 7) is 12.3. The standard InChI is InChI=1S/C30H41N7O2.C2H6O/c1-3-4-13-33-29-28-27(34-30(31)35-29)24-8-5-6-9-25(24)37(28)21-23-19-22(10-11-26(23)38-2)20-32-12-7-14-36-15-17-39-18-16-36;1-2-3/h5-6,8-11,19,32H,3-4,7,12-18,20-21H2,1-2H3,(H3,31,33,34,35);3H,2H2,1H3. The maximum Gasteiger partial charge on any atom is 0.222 e. The number of anilines is 2. The number of benzene rings is 2. The second-order valence-electron chi connectivity index (χ2n) is 10.5. The Morgan fingerprint density at radius 2 is 1.83 bits per heavy atom. The third kappa shape index (κ3) is 8.10. The molecule has 1 aliphatic rings. The molecule has 1 saturated heterocycles. The summed E-state index contributed by atoms with van der Waals surface area (Å²) in [6.07, 6.45) is 3.28. The fourth-order valence-corrected chi connectivity index (χ4v) is 5.34. The smallest absolute Gasteiger partial charge is 0.222 e. The summed E-state index contributed by atoms with van der Waals surface area (Å²) >= 11 is 0. The Bertz CT molecular complexity index is 1400. The van der Waals surface area contributed by atoms with Gasteiger partial charge in [0.05, 0.1) is 32.4 Å². The zero-order valence-electron chi connectivity index (χ0n) is 25.4. The van der Waals surface area contributed by atoms with E-state index in [4.69, 9.17) is 20.3 Å². The number of aliphatic hydroxyl groups excluding tert-OH is 1. The van der Waals surface area contributed by atoms with Crippen molar-refractivity contribution < 1.29 is 14.6 Å². The van der Waals surface area contributed by atoms with E-state index in [1.54, 1.807) is 14.0 Å². The number of methoxy groups -OCH3 is 1. The number of unbranched alkanes of at least 4 members (excludes halogenated alkanes) is 1. The maximum atomic E-state index is 7.57. The molecule has 2 aromatic heterocycles. The van der Waals surface area contributed by atoms with Crippen LogP contribution in [0, 0.1) is 0 Å². The van der Waals surface area contributed by atoms with E-state index in [9.17, 15) is 0 Å². The topological polar surface area (TPSA) is 123 Å². The predicted octanol–water partition coefficient (Wildman–Crippen LogP) is 4.25. The minimum Gasteiger partial charge on any atom is -0.496 e. The first-order valence-corrected chi connectivity index (χ1v) is 15.1. The molecule has 228 valence electrons. The molecular weight excluding hydrogens is 530 g/mol. The minimum absolute atomic E-state index is 0.250. The lowest BCUT2D eigenvalue weighted by molar-refractivity contribution is 0.0374. The van der Waals surface area contributed by atoms with Crippen molar-refractivity contribution in [2.45, 2.75) is 46.2 Å². The van der Waals surface area contributed by atoms with Gasteiger partial charge in [-0.3, -0.25) is 4.90 Å². The van der Waals surface area contributed by atoms with Crippen LogP contribution in [0.3, 0.4) is 0 Å². The highest BCUT2D eigenvalue weighted by molar-refractivity contribution is 6.09. The molecule has 0 spiro atoms. The molecular formula is C32H47N7O3. The van der Waals surface area contributed by atoms with Crippen molar-refractivity contribution >= 4 is 33.7 Å². The molecule has 3 heterocycles.